The zero-order valence-electron chi connectivity index (χ0n) is 15.9. The third kappa shape index (κ3) is 9.63. The normalized spacial score (nSPS) is 11.4. The van der Waals surface area contributed by atoms with Crippen molar-refractivity contribution >= 4 is 35.9 Å². The van der Waals surface area contributed by atoms with Crippen LogP contribution in [0.5, 0.6) is 5.75 Å². The molecule has 3 N–H and O–H groups in total. The van der Waals surface area contributed by atoms with E-state index in [1.54, 1.807) is 0 Å². The van der Waals surface area contributed by atoms with Crippen molar-refractivity contribution in [1.29, 1.82) is 0 Å². The number of nitrogens with one attached hydrogen (secondary N) is 3. The summed E-state index contributed by atoms with van der Waals surface area (Å²) in [6, 6.07) is 10.3. The van der Waals surface area contributed by atoms with Crippen molar-refractivity contribution in [2.45, 2.75) is 13.1 Å². The number of nitrogens with zero attached hydrogens (tertiary/aromatic N) is 3. The van der Waals surface area contributed by atoms with Crippen LogP contribution < -0.4 is 20.7 Å². The number of guanidine groups is 1. The van der Waals surface area contributed by atoms with Crippen molar-refractivity contribution in [3.63, 3.8) is 0 Å². The van der Waals surface area contributed by atoms with Gasteiger partial charge in [0.25, 0.3) is 0 Å². The van der Waals surface area contributed by atoms with Crippen molar-refractivity contribution in [3.05, 3.63) is 48.3 Å². The van der Waals surface area contributed by atoms with Crippen LogP contribution in [0.4, 0.5) is 19.1 Å². The van der Waals surface area contributed by atoms with Crippen molar-refractivity contribution < 1.29 is 17.9 Å². The van der Waals surface area contributed by atoms with E-state index in [0.717, 1.165) is 18.0 Å². The molecule has 0 spiro atoms. The van der Waals surface area contributed by atoms with E-state index >= 15 is 0 Å². The lowest BCUT2D eigenvalue weighted by atomic mass is 10.3. The van der Waals surface area contributed by atoms with Crippen molar-refractivity contribution in [2.24, 2.45) is 4.99 Å². The van der Waals surface area contributed by atoms with E-state index in [2.05, 4.69) is 30.9 Å². The molecule has 0 aliphatic carbocycles. The highest BCUT2D eigenvalue weighted by Gasteiger charge is 2.32. The lowest BCUT2D eigenvalue weighted by Gasteiger charge is -2.12. The minimum absolute atomic E-state index is 0. The Morgan fingerprint density at radius 3 is 2.55 bits per heavy atom. The van der Waals surface area contributed by atoms with Crippen LogP contribution in [-0.4, -0.2) is 48.7 Å². The number of aliphatic imine (C=N–C) groups is 1. The predicted molar refractivity (Wildman–Crippen MR) is 117 cm³/mol. The standard InChI is InChI=1S/C18H23F3N6O.HI/c1-2-22-16(26-12-13-28-14-6-4-3-5-7-14)24-10-11-25-17-23-9-8-15(27-17)18(19,20)21;/h3-9H,2,10-13H2,1H3,(H2,22,24,26)(H,23,25,27);1H. The van der Waals surface area contributed by atoms with E-state index in [9.17, 15) is 13.2 Å². The van der Waals surface area contributed by atoms with Crippen LogP contribution in [0.2, 0.25) is 0 Å². The van der Waals surface area contributed by atoms with Crippen LogP contribution in [0.25, 0.3) is 0 Å². The predicted octanol–water partition coefficient (Wildman–Crippen LogP) is 3.16. The first-order valence-corrected chi connectivity index (χ1v) is 8.83. The first-order chi connectivity index (χ1) is 13.5. The number of aromatic nitrogens is 2. The molecule has 0 aliphatic rings. The molecule has 1 heterocycles. The van der Waals surface area contributed by atoms with Crippen LogP contribution >= 0.6 is 24.0 Å². The molecule has 1 aromatic heterocycles. The van der Waals surface area contributed by atoms with Crippen LogP contribution in [0, 0.1) is 0 Å². The number of alkyl halides is 3. The molecule has 0 aliphatic heterocycles. The highest BCUT2D eigenvalue weighted by molar-refractivity contribution is 14.0. The summed E-state index contributed by atoms with van der Waals surface area (Å²) in [7, 11) is 0. The van der Waals surface area contributed by atoms with Gasteiger partial charge in [0.05, 0.1) is 13.1 Å². The second-order valence-corrected chi connectivity index (χ2v) is 5.54. The summed E-state index contributed by atoms with van der Waals surface area (Å²) in [6.07, 6.45) is -3.43. The lowest BCUT2D eigenvalue weighted by Crippen LogP contribution is -2.39. The number of rotatable bonds is 9. The number of para-hydroxylation sites is 1. The third-order valence-corrected chi connectivity index (χ3v) is 3.36. The lowest BCUT2D eigenvalue weighted by molar-refractivity contribution is -0.141. The Morgan fingerprint density at radius 1 is 1.10 bits per heavy atom. The van der Waals surface area contributed by atoms with Crippen molar-refractivity contribution in [3.8, 4) is 5.75 Å². The van der Waals surface area contributed by atoms with Gasteiger partial charge in [0.2, 0.25) is 5.95 Å². The van der Waals surface area contributed by atoms with Gasteiger partial charge in [-0.05, 0) is 25.1 Å². The monoisotopic (exact) mass is 524 g/mol. The van der Waals surface area contributed by atoms with Gasteiger partial charge >= 0.3 is 6.18 Å². The first kappa shape index (κ1) is 24.7. The number of hydrogen-bond donors (Lipinski definition) is 3. The van der Waals surface area contributed by atoms with Gasteiger partial charge in [-0.3, -0.25) is 4.99 Å². The first-order valence-electron chi connectivity index (χ1n) is 8.83. The molecular formula is C18H24F3IN6O. The van der Waals surface area contributed by atoms with E-state index < -0.39 is 11.9 Å². The van der Waals surface area contributed by atoms with Gasteiger partial charge in [-0.15, -0.1) is 24.0 Å². The topological polar surface area (TPSA) is 83.5 Å². The molecule has 1 aromatic carbocycles. The Morgan fingerprint density at radius 2 is 1.86 bits per heavy atom. The van der Waals surface area contributed by atoms with E-state index in [-0.39, 0.29) is 29.9 Å². The summed E-state index contributed by atoms with van der Waals surface area (Å²) >= 11 is 0. The molecular weight excluding hydrogens is 500 g/mol. The minimum Gasteiger partial charge on any atom is -0.492 e. The summed E-state index contributed by atoms with van der Waals surface area (Å²) in [6.45, 7) is 4.24. The largest absolute Gasteiger partial charge is 0.492 e. The van der Waals surface area contributed by atoms with Crippen LogP contribution in [0.1, 0.15) is 12.6 Å². The fourth-order valence-electron chi connectivity index (χ4n) is 2.13. The van der Waals surface area contributed by atoms with Gasteiger partial charge in [-0.1, -0.05) is 18.2 Å². The number of ether oxygens (including phenoxy) is 1. The summed E-state index contributed by atoms with van der Waals surface area (Å²) in [4.78, 5) is 11.6. The summed E-state index contributed by atoms with van der Waals surface area (Å²) < 4.78 is 43.5. The summed E-state index contributed by atoms with van der Waals surface area (Å²) in [5, 5.41) is 8.94. The Bertz CT molecular complexity index is 746. The number of anilines is 1. The maximum atomic E-state index is 12.6. The summed E-state index contributed by atoms with van der Waals surface area (Å²) in [5.74, 6) is 1.29. The molecule has 2 aromatic rings. The highest BCUT2D eigenvalue weighted by atomic mass is 127. The third-order valence-electron chi connectivity index (χ3n) is 3.36. The Hall–Kier alpha value is -2.31. The van der Waals surface area contributed by atoms with Gasteiger partial charge in [0.1, 0.15) is 18.1 Å². The average Bonchev–Trinajstić information content (AvgIpc) is 2.69. The number of halogens is 4. The molecule has 0 radical (unpaired) electrons. The second kappa shape index (κ2) is 13.0. The molecule has 0 amide bonds. The molecule has 29 heavy (non-hydrogen) atoms. The molecule has 0 unspecified atom stereocenters. The van der Waals surface area contributed by atoms with Crippen LogP contribution in [0.3, 0.4) is 0 Å². The smallest absolute Gasteiger partial charge is 0.433 e. The van der Waals surface area contributed by atoms with E-state index in [0.29, 0.717) is 38.7 Å². The van der Waals surface area contributed by atoms with E-state index in [1.807, 2.05) is 37.3 Å². The molecule has 0 saturated carbocycles. The van der Waals surface area contributed by atoms with Crippen molar-refractivity contribution in [2.75, 3.05) is 38.1 Å². The zero-order chi connectivity index (χ0) is 20.2. The van der Waals surface area contributed by atoms with Gasteiger partial charge in [0, 0.05) is 19.3 Å². The van der Waals surface area contributed by atoms with Crippen molar-refractivity contribution in [1.82, 2.24) is 20.6 Å². The molecule has 0 atom stereocenters. The van der Waals surface area contributed by atoms with Crippen LogP contribution in [0.15, 0.2) is 47.6 Å². The quantitative estimate of drug-likeness (QED) is 0.203. The SMILES string of the molecule is CCNC(=NCCNc1nccc(C(F)(F)F)n1)NCCOc1ccccc1.I. The molecule has 11 heteroatoms. The van der Waals surface area contributed by atoms with Crippen LogP contribution in [-0.2, 0) is 6.18 Å². The molecule has 0 bridgehead atoms. The van der Waals surface area contributed by atoms with Gasteiger partial charge < -0.3 is 20.7 Å². The Kier molecular flexibility index (Phi) is 11.1. The fraction of sp³-hybridized carbons (Fsp3) is 0.389. The van der Waals surface area contributed by atoms with E-state index in [1.165, 1.54) is 0 Å². The highest BCUT2D eigenvalue weighted by Crippen LogP contribution is 2.27. The zero-order valence-corrected chi connectivity index (χ0v) is 18.2. The Labute approximate surface area is 184 Å². The van der Waals surface area contributed by atoms with Gasteiger partial charge in [-0.25, -0.2) is 9.97 Å². The Balaban J connectivity index is 0.00000420. The van der Waals surface area contributed by atoms with Gasteiger partial charge in [0.15, 0.2) is 5.96 Å². The average molecular weight is 524 g/mol. The summed E-state index contributed by atoms with van der Waals surface area (Å²) in [5.41, 5.74) is -0.984. The number of benzene rings is 1. The minimum atomic E-state index is -4.50. The number of hydrogen-bond acceptors (Lipinski definition) is 5. The molecule has 7 nitrogen and oxygen atoms in total. The molecule has 0 saturated heterocycles. The fourth-order valence-corrected chi connectivity index (χ4v) is 2.13. The molecule has 160 valence electrons. The second-order valence-electron chi connectivity index (χ2n) is 5.54. The molecule has 2 rings (SSSR count). The maximum Gasteiger partial charge on any atom is 0.433 e. The molecule has 0 fully saturated rings. The van der Waals surface area contributed by atoms with Gasteiger partial charge in [-0.2, -0.15) is 13.2 Å². The maximum absolute atomic E-state index is 12.6. The van der Waals surface area contributed by atoms with E-state index in [4.69, 9.17) is 4.74 Å².